The van der Waals surface area contributed by atoms with Gasteiger partial charge in [0.05, 0.1) is 11.1 Å². The number of halogens is 1. The molecule has 1 aliphatic rings. The summed E-state index contributed by atoms with van der Waals surface area (Å²) in [6.45, 7) is 1.43. The number of fused-ring (bicyclic) bond motifs is 1. The molecular weight excluding hydrogens is 286 g/mol. The van der Waals surface area contributed by atoms with E-state index in [-0.39, 0.29) is 16.8 Å². The van der Waals surface area contributed by atoms with Crippen LogP contribution < -0.4 is 16.0 Å². The molecule has 1 heterocycles. The van der Waals surface area contributed by atoms with Crippen LogP contribution in [0, 0.1) is 0 Å². The summed E-state index contributed by atoms with van der Waals surface area (Å²) in [4.78, 5) is 45.5. The molecule has 7 nitrogen and oxygen atoms in total. The van der Waals surface area contributed by atoms with E-state index in [9.17, 15) is 19.2 Å². The molecule has 0 spiro atoms. The minimum atomic E-state index is -0.843. The quantitative estimate of drug-likeness (QED) is 0.555. The topological polar surface area (TPSA) is 104 Å². The van der Waals surface area contributed by atoms with E-state index >= 15 is 0 Å². The van der Waals surface area contributed by atoms with Gasteiger partial charge in [-0.1, -0.05) is 0 Å². The van der Waals surface area contributed by atoms with Crippen LogP contribution >= 0.6 is 11.6 Å². The number of benzene rings is 1. The Bertz CT molecular complexity index is 627. The van der Waals surface area contributed by atoms with E-state index in [0.717, 1.165) is 0 Å². The highest BCUT2D eigenvalue weighted by Crippen LogP contribution is 2.20. The Balaban J connectivity index is 2.10. The first-order valence-corrected chi connectivity index (χ1v) is 6.08. The first-order valence-electron chi connectivity index (χ1n) is 5.64. The average Bonchev–Trinajstić information content (AvgIpc) is 2.64. The van der Waals surface area contributed by atoms with E-state index in [4.69, 9.17) is 11.6 Å². The van der Waals surface area contributed by atoms with E-state index in [1.165, 1.54) is 25.1 Å². The number of imide groups is 2. The highest BCUT2D eigenvalue weighted by molar-refractivity contribution is 6.31. The number of alkyl halides is 1. The summed E-state index contributed by atoms with van der Waals surface area (Å²) in [6.07, 6.45) is 0. The normalized spacial score (nSPS) is 14.3. The van der Waals surface area contributed by atoms with Gasteiger partial charge in [0.2, 0.25) is 5.91 Å². The number of urea groups is 1. The van der Waals surface area contributed by atoms with E-state index in [1.807, 2.05) is 5.32 Å². The van der Waals surface area contributed by atoms with Gasteiger partial charge in [-0.15, -0.1) is 11.6 Å². The number of carbonyl (C=O) groups is 4. The highest BCUT2D eigenvalue weighted by Gasteiger charge is 2.26. The number of nitrogens with one attached hydrogen (secondary N) is 3. The minimum absolute atomic E-state index is 0.171. The van der Waals surface area contributed by atoms with Gasteiger partial charge in [0, 0.05) is 5.69 Å². The van der Waals surface area contributed by atoms with E-state index in [0.29, 0.717) is 0 Å². The van der Waals surface area contributed by atoms with Crippen molar-refractivity contribution < 1.29 is 19.2 Å². The van der Waals surface area contributed by atoms with Crippen LogP contribution in [0.1, 0.15) is 27.6 Å². The second-order valence-electron chi connectivity index (χ2n) is 4.10. The molecule has 2 rings (SSSR count). The van der Waals surface area contributed by atoms with Gasteiger partial charge in [-0.2, -0.15) is 0 Å². The lowest BCUT2D eigenvalue weighted by atomic mass is 10.1. The Kier molecular flexibility index (Phi) is 3.71. The summed E-state index contributed by atoms with van der Waals surface area (Å²) >= 11 is 5.50. The second kappa shape index (κ2) is 5.30. The number of anilines is 1. The molecule has 0 saturated heterocycles. The summed E-state index contributed by atoms with van der Waals surface area (Å²) in [5.74, 6) is -1.65. The predicted octanol–water partition coefficient (Wildman–Crippen LogP) is 0.846. The van der Waals surface area contributed by atoms with Gasteiger partial charge in [0.1, 0.15) is 5.38 Å². The minimum Gasteiger partial charge on any atom is -0.308 e. The van der Waals surface area contributed by atoms with Crippen LogP contribution in [0.25, 0.3) is 0 Å². The van der Waals surface area contributed by atoms with Crippen LogP contribution in [0.4, 0.5) is 10.5 Å². The molecule has 0 aliphatic carbocycles. The highest BCUT2D eigenvalue weighted by atomic mass is 35.5. The molecule has 0 bridgehead atoms. The molecule has 1 aromatic rings. The van der Waals surface area contributed by atoms with Crippen molar-refractivity contribution in [2.45, 2.75) is 12.3 Å². The molecule has 0 aromatic heterocycles. The third kappa shape index (κ3) is 2.77. The number of carbonyl (C=O) groups excluding carboxylic acids is 4. The summed E-state index contributed by atoms with van der Waals surface area (Å²) in [5, 5.41) is 5.69. The Labute approximate surface area is 118 Å². The Hall–Kier alpha value is -2.41. The zero-order chi connectivity index (χ0) is 14.9. The maximum absolute atomic E-state index is 11.5. The zero-order valence-corrected chi connectivity index (χ0v) is 11.1. The largest absolute Gasteiger partial charge is 0.325 e. The van der Waals surface area contributed by atoms with Gasteiger partial charge in [-0.05, 0) is 25.1 Å². The van der Waals surface area contributed by atoms with Crippen LogP contribution in [0.5, 0.6) is 0 Å². The molecule has 1 aromatic carbocycles. The molecule has 0 radical (unpaired) electrons. The van der Waals surface area contributed by atoms with Crippen molar-refractivity contribution in [2.24, 2.45) is 0 Å². The molecule has 104 valence electrons. The van der Waals surface area contributed by atoms with Crippen molar-refractivity contribution >= 4 is 41.0 Å². The molecule has 20 heavy (non-hydrogen) atoms. The van der Waals surface area contributed by atoms with Gasteiger partial charge < -0.3 is 5.32 Å². The summed E-state index contributed by atoms with van der Waals surface area (Å²) in [7, 11) is 0. The first kappa shape index (κ1) is 14.0. The fraction of sp³-hybridized carbons (Fsp3) is 0.167. The SMILES string of the molecule is CC(Cl)C(=O)NC(=O)Nc1ccc2c(c1)C(=O)NC2=O. The van der Waals surface area contributed by atoms with Gasteiger partial charge in [-0.25, -0.2) is 4.79 Å². The zero-order valence-electron chi connectivity index (χ0n) is 10.3. The maximum atomic E-state index is 11.5. The van der Waals surface area contributed by atoms with Gasteiger partial charge in [-0.3, -0.25) is 25.0 Å². The van der Waals surface area contributed by atoms with Gasteiger partial charge in [0.25, 0.3) is 11.8 Å². The third-order valence-corrected chi connectivity index (χ3v) is 2.79. The van der Waals surface area contributed by atoms with E-state index in [1.54, 1.807) is 0 Å². The lowest BCUT2D eigenvalue weighted by Crippen LogP contribution is -2.38. The monoisotopic (exact) mass is 295 g/mol. The molecule has 0 fully saturated rings. The average molecular weight is 296 g/mol. The summed E-state index contributed by atoms with van der Waals surface area (Å²) < 4.78 is 0. The lowest BCUT2D eigenvalue weighted by molar-refractivity contribution is -0.119. The molecule has 1 unspecified atom stereocenters. The van der Waals surface area contributed by atoms with Crippen molar-refractivity contribution in [3.8, 4) is 0 Å². The third-order valence-electron chi connectivity index (χ3n) is 2.59. The number of rotatable bonds is 2. The number of hydrogen-bond acceptors (Lipinski definition) is 4. The molecule has 1 aliphatic heterocycles. The van der Waals surface area contributed by atoms with Crippen LogP contribution in [0.15, 0.2) is 18.2 Å². The number of hydrogen-bond donors (Lipinski definition) is 3. The van der Waals surface area contributed by atoms with Crippen LogP contribution in [-0.2, 0) is 4.79 Å². The molecular formula is C12H10ClN3O4. The summed E-state index contributed by atoms with van der Waals surface area (Å²) in [6, 6.07) is 3.44. The number of amides is 5. The maximum Gasteiger partial charge on any atom is 0.325 e. The van der Waals surface area contributed by atoms with Crippen molar-refractivity contribution in [3.05, 3.63) is 29.3 Å². The smallest absolute Gasteiger partial charge is 0.308 e. The van der Waals surface area contributed by atoms with Crippen LogP contribution in [0.3, 0.4) is 0 Å². The molecule has 5 amide bonds. The van der Waals surface area contributed by atoms with Crippen LogP contribution in [0.2, 0.25) is 0 Å². The second-order valence-corrected chi connectivity index (χ2v) is 4.76. The molecule has 0 saturated carbocycles. The Morgan fingerprint density at radius 2 is 1.85 bits per heavy atom. The van der Waals surface area contributed by atoms with Crippen molar-refractivity contribution in [3.63, 3.8) is 0 Å². The van der Waals surface area contributed by atoms with Crippen molar-refractivity contribution in [1.82, 2.24) is 10.6 Å². The van der Waals surface area contributed by atoms with Crippen molar-refractivity contribution in [2.75, 3.05) is 5.32 Å². The molecule has 8 heteroatoms. The van der Waals surface area contributed by atoms with E-state index < -0.39 is 29.1 Å². The van der Waals surface area contributed by atoms with Gasteiger partial charge in [0.15, 0.2) is 0 Å². The van der Waals surface area contributed by atoms with E-state index in [2.05, 4.69) is 10.6 Å². The lowest BCUT2D eigenvalue weighted by Gasteiger charge is -2.08. The molecule has 1 atom stereocenters. The fourth-order valence-corrected chi connectivity index (χ4v) is 1.67. The van der Waals surface area contributed by atoms with Crippen molar-refractivity contribution in [1.29, 1.82) is 0 Å². The summed E-state index contributed by atoms with van der Waals surface area (Å²) in [5.41, 5.74) is 0.692. The molecule has 3 N–H and O–H groups in total. The predicted molar refractivity (Wildman–Crippen MR) is 70.7 cm³/mol. The Morgan fingerprint density at radius 3 is 2.50 bits per heavy atom. The Morgan fingerprint density at radius 1 is 1.20 bits per heavy atom. The van der Waals surface area contributed by atoms with Crippen LogP contribution in [-0.4, -0.2) is 29.1 Å². The fourth-order valence-electron chi connectivity index (χ4n) is 1.62. The standard InChI is InChI=1S/C12H10ClN3O4/c1-5(13)9(17)16-12(20)14-6-2-3-7-8(4-6)11(19)15-10(7)18/h2-5H,1H3,(H,15,18,19)(H2,14,16,17,20). The first-order chi connectivity index (χ1) is 9.38. The van der Waals surface area contributed by atoms with Gasteiger partial charge >= 0.3 is 6.03 Å².